The van der Waals surface area contributed by atoms with Gasteiger partial charge in [-0.1, -0.05) is 31.2 Å². The van der Waals surface area contributed by atoms with Crippen molar-refractivity contribution in [2.75, 3.05) is 22.4 Å². The van der Waals surface area contributed by atoms with Crippen LogP contribution in [0.4, 0.5) is 11.4 Å². The summed E-state index contributed by atoms with van der Waals surface area (Å²) in [5.74, 6) is 0.116. The molecule has 0 radical (unpaired) electrons. The van der Waals surface area contributed by atoms with Gasteiger partial charge in [0.1, 0.15) is 5.75 Å². The average molecular weight is 388 g/mol. The molecule has 1 heterocycles. The first-order valence-electron chi connectivity index (χ1n) is 8.93. The number of aryl methyl sites for hydroxylation is 2. The van der Waals surface area contributed by atoms with Crippen LogP contribution in [0.15, 0.2) is 42.5 Å². The van der Waals surface area contributed by atoms with Crippen molar-refractivity contribution in [2.45, 2.75) is 32.8 Å². The molecule has 0 bridgehead atoms. The predicted molar refractivity (Wildman–Crippen MR) is 107 cm³/mol. The van der Waals surface area contributed by atoms with E-state index in [-0.39, 0.29) is 18.9 Å². The third kappa shape index (κ3) is 4.24. The first-order chi connectivity index (χ1) is 12.8. The molecule has 3 rings (SSSR count). The molecular weight excluding hydrogens is 364 g/mol. The van der Waals surface area contributed by atoms with Crippen molar-refractivity contribution >= 4 is 27.3 Å². The quantitative estimate of drug-likeness (QED) is 0.873. The standard InChI is InChI=1S/C20H24N2O4S/c1-4-15-7-5-6-8-16(15)21-20(23)19-11-12-22(27(3,24)25)17-13-14(2)9-10-18(17)26-19/h5-10,13,19H,4,11-12H2,1-3H3,(H,21,23)/t19-/m0/s1. The fourth-order valence-corrected chi connectivity index (χ4v) is 4.12. The molecule has 6 nitrogen and oxygen atoms in total. The number of sulfonamides is 1. The number of nitrogens with one attached hydrogen (secondary N) is 1. The van der Waals surface area contributed by atoms with Gasteiger partial charge in [0.2, 0.25) is 10.0 Å². The molecule has 0 aromatic heterocycles. The lowest BCUT2D eigenvalue weighted by Crippen LogP contribution is -2.36. The second-order valence-electron chi connectivity index (χ2n) is 6.70. The second kappa shape index (κ2) is 7.60. The molecule has 1 N–H and O–H groups in total. The first-order valence-corrected chi connectivity index (χ1v) is 10.8. The smallest absolute Gasteiger partial charge is 0.265 e. The van der Waals surface area contributed by atoms with Crippen LogP contribution in [-0.2, 0) is 21.2 Å². The van der Waals surface area contributed by atoms with E-state index in [0.717, 1.165) is 29.5 Å². The molecule has 0 saturated heterocycles. The maximum Gasteiger partial charge on any atom is 0.265 e. The molecule has 0 saturated carbocycles. The van der Waals surface area contributed by atoms with Gasteiger partial charge in [-0.15, -0.1) is 0 Å². The SMILES string of the molecule is CCc1ccccc1NC(=O)[C@@H]1CCN(S(C)(=O)=O)c2cc(C)ccc2O1. The maximum absolute atomic E-state index is 12.8. The highest BCUT2D eigenvalue weighted by molar-refractivity contribution is 7.92. The molecule has 1 atom stereocenters. The van der Waals surface area contributed by atoms with Gasteiger partial charge in [0.25, 0.3) is 5.91 Å². The number of rotatable bonds is 4. The molecular formula is C20H24N2O4S. The van der Waals surface area contributed by atoms with Crippen LogP contribution in [0.5, 0.6) is 5.75 Å². The van der Waals surface area contributed by atoms with Crippen LogP contribution in [0.25, 0.3) is 0 Å². The van der Waals surface area contributed by atoms with Gasteiger partial charge in [0.05, 0.1) is 11.9 Å². The first kappa shape index (κ1) is 19.2. The van der Waals surface area contributed by atoms with E-state index in [0.29, 0.717) is 11.4 Å². The molecule has 0 aliphatic carbocycles. The fourth-order valence-electron chi connectivity index (χ4n) is 3.18. The third-order valence-corrected chi connectivity index (χ3v) is 5.78. The number of fused-ring (bicyclic) bond motifs is 1. The van der Waals surface area contributed by atoms with Crippen molar-refractivity contribution in [3.63, 3.8) is 0 Å². The molecule has 7 heteroatoms. The Balaban J connectivity index is 1.89. The predicted octanol–water partition coefficient (Wildman–Crippen LogP) is 3.11. The van der Waals surface area contributed by atoms with E-state index >= 15 is 0 Å². The van der Waals surface area contributed by atoms with Gasteiger partial charge in [-0.05, 0) is 42.7 Å². The van der Waals surface area contributed by atoms with E-state index in [9.17, 15) is 13.2 Å². The summed E-state index contributed by atoms with van der Waals surface area (Å²) in [6.45, 7) is 4.09. The summed E-state index contributed by atoms with van der Waals surface area (Å²) in [4.78, 5) is 12.8. The minimum Gasteiger partial charge on any atom is -0.478 e. The highest BCUT2D eigenvalue weighted by Crippen LogP contribution is 2.35. The van der Waals surface area contributed by atoms with Gasteiger partial charge >= 0.3 is 0 Å². The summed E-state index contributed by atoms with van der Waals surface area (Å²) in [6.07, 6.45) is 1.45. The summed E-state index contributed by atoms with van der Waals surface area (Å²) in [6, 6.07) is 12.9. The van der Waals surface area contributed by atoms with Gasteiger partial charge in [0, 0.05) is 18.7 Å². The Morgan fingerprint density at radius 1 is 1.26 bits per heavy atom. The monoisotopic (exact) mass is 388 g/mol. The van der Waals surface area contributed by atoms with Crippen molar-refractivity contribution < 1.29 is 17.9 Å². The number of carbonyl (C=O) groups excluding carboxylic acids is 1. The van der Waals surface area contributed by atoms with Crippen molar-refractivity contribution in [2.24, 2.45) is 0 Å². The van der Waals surface area contributed by atoms with E-state index < -0.39 is 16.1 Å². The van der Waals surface area contributed by atoms with Crippen molar-refractivity contribution in [3.05, 3.63) is 53.6 Å². The molecule has 144 valence electrons. The molecule has 0 spiro atoms. The zero-order valence-corrected chi connectivity index (χ0v) is 16.5. The Kier molecular flexibility index (Phi) is 5.41. The van der Waals surface area contributed by atoms with Crippen LogP contribution in [0.2, 0.25) is 0 Å². The van der Waals surface area contributed by atoms with Gasteiger partial charge in [-0.3, -0.25) is 9.10 Å². The Bertz CT molecular complexity index is 956. The topological polar surface area (TPSA) is 75.7 Å². The van der Waals surface area contributed by atoms with Gasteiger partial charge in [0.15, 0.2) is 6.10 Å². The van der Waals surface area contributed by atoms with E-state index in [4.69, 9.17) is 4.74 Å². The largest absolute Gasteiger partial charge is 0.478 e. The van der Waals surface area contributed by atoms with E-state index in [1.807, 2.05) is 44.2 Å². The Morgan fingerprint density at radius 2 is 2.00 bits per heavy atom. The maximum atomic E-state index is 12.8. The summed E-state index contributed by atoms with van der Waals surface area (Å²) in [5.41, 5.74) is 3.18. The minimum absolute atomic E-state index is 0.183. The summed E-state index contributed by atoms with van der Waals surface area (Å²) >= 11 is 0. The Morgan fingerprint density at radius 3 is 2.70 bits per heavy atom. The van der Waals surface area contributed by atoms with Crippen LogP contribution in [-0.4, -0.2) is 33.2 Å². The van der Waals surface area contributed by atoms with Crippen LogP contribution in [0.3, 0.4) is 0 Å². The van der Waals surface area contributed by atoms with Crippen molar-refractivity contribution in [1.29, 1.82) is 0 Å². The molecule has 0 unspecified atom stereocenters. The van der Waals surface area contributed by atoms with E-state index in [1.54, 1.807) is 12.1 Å². The van der Waals surface area contributed by atoms with Crippen LogP contribution < -0.4 is 14.4 Å². The van der Waals surface area contributed by atoms with Gasteiger partial charge in [-0.25, -0.2) is 8.42 Å². The summed E-state index contributed by atoms with van der Waals surface area (Å²) in [5, 5.41) is 2.92. The number of benzene rings is 2. The second-order valence-corrected chi connectivity index (χ2v) is 8.61. The highest BCUT2D eigenvalue weighted by atomic mass is 32.2. The fraction of sp³-hybridized carbons (Fsp3) is 0.350. The number of para-hydroxylation sites is 1. The number of amides is 1. The zero-order chi connectivity index (χ0) is 19.6. The number of carbonyl (C=O) groups is 1. The lowest BCUT2D eigenvalue weighted by Gasteiger charge is -2.21. The van der Waals surface area contributed by atoms with E-state index in [1.165, 1.54) is 4.31 Å². The number of nitrogens with zero attached hydrogens (tertiary/aromatic N) is 1. The van der Waals surface area contributed by atoms with Gasteiger partial charge in [-0.2, -0.15) is 0 Å². The van der Waals surface area contributed by atoms with Crippen molar-refractivity contribution in [3.8, 4) is 5.75 Å². The lowest BCUT2D eigenvalue weighted by atomic mass is 10.1. The summed E-state index contributed by atoms with van der Waals surface area (Å²) < 4.78 is 31.7. The molecule has 1 aliphatic heterocycles. The number of hydrogen-bond donors (Lipinski definition) is 1. The van der Waals surface area contributed by atoms with Gasteiger partial charge < -0.3 is 10.1 Å². The molecule has 2 aromatic carbocycles. The lowest BCUT2D eigenvalue weighted by molar-refractivity contribution is -0.122. The van der Waals surface area contributed by atoms with Crippen LogP contribution >= 0.6 is 0 Å². The van der Waals surface area contributed by atoms with Crippen LogP contribution in [0.1, 0.15) is 24.5 Å². The number of ether oxygens (including phenoxy) is 1. The minimum atomic E-state index is -3.48. The van der Waals surface area contributed by atoms with Crippen LogP contribution in [0, 0.1) is 6.92 Å². The Hall–Kier alpha value is -2.54. The molecule has 1 amide bonds. The molecule has 1 aliphatic rings. The number of hydrogen-bond acceptors (Lipinski definition) is 4. The summed E-state index contributed by atoms with van der Waals surface area (Å²) in [7, 11) is -3.48. The highest BCUT2D eigenvalue weighted by Gasteiger charge is 2.31. The average Bonchev–Trinajstić information content (AvgIpc) is 2.81. The molecule has 27 heavy (non-hydrogen) atoms. The number of anilines is 2. The Labute approximate surface area is 160 Å². The third-order valence-electron chi connectivity index (χ3n) is 4.60. The normalized spacial score (nSPS) is 16.9. The molecule has 2 aromatic rings. The van der Waals surface area contributed by atoms with E-state index in [2.05, 4.69) is 5.32 Å². The molecule has 0 fully saturated rings. The van der Waals surface area contributed by atoms with Crippen molar-refractivity contribution in [1.82, 2.24) is 0 Å². The zero-order valence-electron chi connectivity index (χ0n) is 15.7.